The van der Waals surface area contributed by atoms with E-state index in [1.54, 1.807) is 21.6 Å². The summed E-state index contributed by atoms with van der Waals surface area (Å²) in [6.45, 7) is 2.06. The second kappa shape index (κ2) is 10.3. The van der Waals surface area contributed by atoms with Gasteiger partial charge in [0.25, 0.3) is 5.91 Å². The number of furan rings is 1. The van der Waals surface area contributed by atoms with Gasteiger partial charge in [-0.15, -0.1) is 0 Å². The first kappa shape index (κ1) is 24.5. The average molecular weight is 481 g/mol. The number of piperazine rings is 1. The molecule has 1 aromatic carbocycles. The maximum Gasteiger partial charge on any atom is 0.357 e. The number of hydrogen-bond donors (Lipinski definition) is 0. The van der Waals surface area contributed by atoms with Gasteiger partial charge in [0, 0.05) is 38.1 Å². The van der Waals surface area contributed by atoms with Crippen LogP contribution in [0.1, 0.15) is 50.1 Å². The van der Waals surface area contributed by atoms with E-state index in [-0.39, 0.29) is 24.8 Å². The Bertz CT molecular complexity index is 1250. The van der Waals surface area contributed by atoms with Gasteiger partial charge in [-0.1, -0.05) is 44.9 Å². The van der Waals surface area contributed by atoms with E-state index in [0.717, 1.165) is 31.2 Å². The highest BCUT2D eigenvalue weighted by molar-refractivity contribution is 5.97. The van der Waals surface area contributed by atoms with E-state index >= 15 is 0 Å². The number of carbonyl (C=O) groups is 1. The molecule has 35 heavy (non-hydrogen) atoms. The summed E-state index contributed by atoms with van der Waals surface area (Å²) < 4.78 is 6.84. The van der Waals surface area contributed by atoms with Gasteiger partial charge >= 0.3 is 11.2 Å². The molecule has 186 valence electrons. The Hall–Kier alpha value is -3.62. The third kappa shape index (κ3) is 4.67. The lowest BCUT2D eigenvalue weighted by Gasteiger charge is -2.36. The molecule has 0 bridgehead atoms. The first-order chi connectivity index (χ1) is 16.5. The summed E-state index contributed by atoms with van der Waals surface area (Å²) in [6, 6.07) is 10.7. The molecule has 1 amide bonds. The molecule has 0 radical (unpaired) electrons. The van der Waals surface area contributed by atoms with Crippen LogP contribution in [0.4, 0.5) is 11.4 Å². The average Bonchev–Trinajstić information content (AvgIpc) is 3.40. The van der Waals surface area contributed by atoms with Crippen LogP contribution in [0.25, 0.3) is 10.9 Å². The summed E-state index contributed by atoms with van der Waals surface area (Å²) in [6.07, 6.45) is 7.03. The fourth-order valence-electron chi connectivity index (χ4n) is 5.36. The van der Waals surface area contributed by atoms with Gasteiger partial charge in [0.05, 0.1) is 16.7 Å². The Labute approximate surface area is 204 Å². The maximum atomic E-state index is 13.5. The predicted octanol–water partition coefficient (Wildman–Crippen LogP) is 4.68. The van der Waals surface area contributed by atoms with Crippen molar-refractivity contribution in [3.05, 3.63) is 68.9 Å². The van der Waals surface area contributed by atoms with Crippen LogP contribution in [0.2, 0.25) is 0 Å². The van der Waals surface area contributed by atoms with Crippen LogP contribution in [-0.4, -0.2) is 46.5 Å². The Morgan fingerprint density at radius 2 is 1.74 bits per heavy atom. The number of anilines is 1. The first-order valence-corrected chi connectivity index (χ1v) is 11.9. The van der Waals surface area contributed by atoms with Crippen LogP contribution in [0.5, 0.6) is 0 Å². The van der Waals surface area contributed by atoms with Crippen LogP contribution in [0.15, 0.2) is 51.9 Å². The second-order valence-corrected chi connectivity index (χ2v) is 9.15. The van der Waals surface area contributed by atoms with Crippen LogP contribution >= 0.6 is 0 Å². The molecule has 3 aromatic rings. The molecule has 0 unspecified atom stereocenters. The highest BCUT2D eigenvalue weighted by Crippen LogP contribution is 2.35. The zero-order chi connectivity index (χ0) is 23.7. The van der Waals surface area contributed by atoms with Crippen molar-refractivity contribution in [2.75, 3.05) is 31.1 Å². The van der Waals surface area contributed by atoms with Crippen molar-refractivity contribution in [3.63, 3.8) is 0 Å². The quantitative estimate of drug-likeness (QED) is 0.388. The molecule has 2 fully saturated rings. The van der Waals surface area contributed by atoms with E-state index in [9.17, 15) is 19.7 Å². The molecule has 1 aliphatic carbocycles. The lowest BCUT2D eigenvalue weighted by atomic mass is 9.89. The van der Waals surface area contributed by atoms with Gasteiger partial charge in [0.15, 0.2) is 5.76 Å². The molecule has 5 rings (SSSR count). The van der Waals surface area contributed by atoms with Crippen LogP contribution < -0.4 is 10.5 Å². The van der Waals surface area contributed by atoms with Crippen molar-refractivity contribution in [2.45, 2.75) is 46.1 Å². The number of nitro groups is 1. The van der Waals surface area contributed by atoms with Crippen molar-refractivity contribution in [1.29, 1.82) is 0 Å². The largest absolute Gasteiger partial charge is 0.459 e. The lowest BCUT2D eigenvalue weighted by Crippen LogP contribution is -2.49. The van der Waals surface area contributed by atoms with Crippen LogP contribution in [0, 0.1) is 16.0 Å². The minimum atomic E-state index is -0.543. The minimum absolute atomic E-state index is 0. The SMILES string of the molecule is C.O=C(c1ccco1)N1CCN(c2c([N+](=O)[O-])c(=O)n(CC3CCCCC3)c3ccccc23)CC1. The number of rotatable bonds is 5. The molecule has 2 aliphatic rings. The lowest BCUT2D eigenvalue weighted by molar-refractivity contribution is -0.385. The van der Waals surface area contributed by atoms with E-state index < -0.39 is 10.5 Å². The minimum Gasteiger partial charge on any atom is -0.459 e. The number of pyridine rings is 1. The zero-order valence-corrected chi connectivity index (χ0v) is 19.0. The Morgan fingerprint density at radius 1 is 1.03 bits per heavy atom. The summed E-state index contributed by atoms with van der Waals surface area (Å²) in [5.41, 5.74) is 0.169. The molecule has 0 spiro atoms. The number of aromatic nitrogens is 1. The second-order valence-electron chi connectivity index (χ2n) is 9.15. The molecule has 3 heterocycles. The number of para-hydroxylation sites is 1. The molecule has 0 atom stereocenters. The molecule has 0 N–H and O–H groups in total. The maximum absolute atomic E-state index is 13.5. The fraction of sp³-hybridized carbons (Fsp3) is 0.462. The van der Waals surface area contributed by atoms with Gasteiger partial charge in [0.1, 0.15) is 5.69 Å². The number of amides is 1. The summed E-state index contributed by atoms with van der Waals surface area (Å²) in [5.74, 6) is 0.429. The number of carbonyl (C=O) groups excluding carboxylic acids is 1. The summed E-state index contributed by atoms with van der Waals surface area (Å²) >= 11 is 0. The summed E-state index contributed by atoms with van der Waals surface area (Å²) in [5, 5.41) is 12.9. The van der Waals surface area contributed by atoms with Crippen molar-refractivity contribution in [2.24, 2.45) is 5.92 Å². The predicted molar refractivity (Wildman–Crippen MR) is 135 cm³/mol. The smallest absolute Gasteiger partial charge is 0.357 e. The van der Waals surface area contributed by atoms with Crippen LogP contribution in [0.3, 0.4) is 0 Å². The van der Waals surface area contributed by atoms with Gasteiger partial charge in [-0.3, -0.25) is 19.7 Å². The fourth-order valence-corrected chi connectivity index (χ4v) is 5.36. The van der Waals surface area contributed by atoms with Crippen molar-refractivity contribution in [1.82, 2.24) is 9.47 Å². The molecular formula is C26H32N4O5. The highest BCUT2D eigenvalue weighted by Gasteiger charge is 2.33. The number of fused-ring (bicyclic) bond motifs is 1. The van der Waals surface area contributed by atoms with Gasteiger partial charge in [0.2, 0.25) is 0 Å². The highest BCUT2D eigenvalue weighted by atomic mass is 16.6. The van der Waals surface area contributed by atoms with E-state index in [1.165, 1.54) is 12.7 Å². The standard InChI is InChI=1S/C25H28N4O5.CH4/c30-24(21-11-6-16-34-21)27-14-12-26(13-15-27)22-19-9-4-5-10-20(19)28(25(31)23(22)29(32)33)17-18-7-2-1-3-8-18;/h4-6,9-11,16,18H,1-3,7-8,12-15,17H2;1H4. The molecule has 1 aliphatic heterocycles. The summed E-state index contributed by atoms with van der Waals surface area (Å²) in [7, 11) is 0. The molecular weight excluding hydrogens is 448 g/mol. The van der Waals surface area contributed by atoms with E-state index in [4.69, 9.17) is 4.42 Å². The topological polar surface area (TPSA) is 102 Å². The molecule has 9 nitrogen and oxygen atoms in total. The van der Waals surface area contributed by atoms with E-state index in [2.05, 4.69) is 0 Å². The molecule has 1 saturated heterocycles. The molecule has 9 heteroatoms. The van der Waals surface area contributed by atoms with E-state index in [1.807, 2.05) is 29.2 Å². The van der Waals surface area contributed by atoms with Gasteiger partial charge in [-0.25, -0.2) is 0 Å². The van der Waals surface area contributed by atoms with Crippen LogP contribution in [-0.2, 0) is 6.54 Å². The third-order valence-corrected chi connectivity index (χ3v) is 7.09. The van der Waals surface area contributed by atoms with Gasteiger partial charge in [-0.05, 0) is 37.0 Å². The Morgan fingerprint density at radius 3 is 2.40 bits per heavy atom. The number of benzene rings is 1. The molecule has 1 saturated carbocycles. The van der Waals surface area contributed by atoms with E-state index in [0.29, 0.717) is 49.7 Å². The van der Waals surface area contributed by atoms with Gasteiger partial charge in [-0.2, -0.15) is 0 Å². The monoisotopic (exact) mass is 480 g/mol. The third-order valence-electron chi connectivity index (χ3n) is 7.09. The molecule has 2 aromatic heterocycles. The zero-order valence-electron chi connectivity index (χ0n) is 19.0. The summed E-state index contributed by atoms with van der Waals surface area (Å²) in [4.78, 5) is 41.3. The normalized spacial score (nSPS) is 16.8. The number of nitrogens with zero attached hydrogens (tertiary/aromatic N) is 4. The first-order valence-electron chi connectivity index (χ1n) is 11.9. The van der Waals surface area contributed by atoms with Crippen molar-refractivity contribution in [3.8, 4) is 0 Å². The Kier molecular flexibility index (Phi) is 7.23. The van der Waals surface area contributed by atoms with Crippen molar-refractivity contribution >= 4 is 28.2 Å². The van der Waals surface area contributed by atoms with Crippen molar-refractivity contribution < 1.29 is 14.1 Å². The van der Waals surface area contributed by atoms with Gasteiger partial charge < -0.3 is 18.8 Å². The Balaban J connectivity index is 0.00000289. The number of hydrogen-bond acceptors (Lipinski definition) is 6.